The largest absolute Gasteiger partial charge is 0.396 e. The summed E-state index contributed by atoms with van der Waals surface area (Å²) < 4.78 is 0. The Bertz CT molecular complexity index is 893. The van der Waals surface area contributed by atoms with Crippen molar-refractivity contribution in [3.63, 3.8) is 0 Å². The lowest BCUT2D eigenvalue weighted by molar-refractivity contribution is 0.241. The first kappa shape index (κ1) is 26.1. The van der Waals surface area contributed by atoms with Crippen LogP contribution in [-0.2, 0) is 0 Å². The second-order valence-corrected chi connectivity index (χ2v) is 9.12. The van der Waals surface area contributed by atoms with Crippen LogP contribution < -0.4 is 0 Å². The fourth-order valence-electron chi connectivity index (χ4n) is 4.84. The molecule has 0 aliphatic heterocycles. The quantitative estimate of drug-likeness (QED) is 0.273. The number of benzene rings is 3. The molecule has 0 amide bonds. The Labute approximate surface area is 203 Å². The van der Waals surface area contributed by atoms with E-state index in [0.717, 1.165) is 11.1 Å². The van der Waals surface area contributed by atoms with Gasteiger partial charge >= 0.3 is 0 Å². The van der Waals surface area contributed by atoms with Crippen LogP contribution in [0.5, 0.6) is 0 Å². The number of aryl methyl sites for hydroxylation is 1. The average Bonchev–Trinajstić information content (AvgIpc) is 2.86. The van der Waals surface area contributed by atoms with E-state index in [1.807, 2.05) is 0 Å². The zero-order valence-electron chi connectivity index (χ0n) is 20.1. The van der Waals surface area contributed by atoms with Gasteiger partial charge in [0.2, 0.25) is 0 Å². The van der Waals surface area contributed by atoms with Crippen LogP contribution in [0.15, 0.2) is 72.8 Å². The maximum Gasteiger partial charge on any atom is 0.0436 e. The van der Waals surface area contributed by atoms with Gasteiger partial charge in [-0.05, 0) is 72.3 Å². The van der Waals surface area contributed by atoms with E-state index < -0.39 is 0 Å². The molecule has 0 atom stereocenters. The maximum atomic E-state index is 9.41. The normalized spacial score (nSPS) is 11.6. The topological polar surface area (TPSA) is 80.9 Å². The number of aliphatic hydroxyl groups excluding tert-OH is 4. The van der Waals surface area contributed by atoms with Gasteiger partial charge in [-0.1, -0.05) is 78.4 Å². The highest BCUT2D eigenvalue weighted by atomic mass is 16.3. The Hall–Kier alpha value is -2.50. The monoisotopic (exact) mass is 462 g/mol. The highest BCUT2D eigenvalue weighted by Crippen LogP contribution is 2.35. The summed E-state index contributed by atoms with van der Waals surface area (Å²) in [6.07, 6.45) is 2.58. The van der Waals surface area contributed by atoms with Crippen LogP contribution in [0.4, 0.5) is 0 Å². The van der Waals surface area contributed by atoms with Crippen molar-refractivity contribution < 1.29 is 20.4 Å². The number of hydrogen-bond acceptors (Lipinski definition) is 4. The van der Waals surface area contributed by atoms with E-state index >= 15 is 0 Å². The molecule has 4 heteroatoms. The van der Waals surface area contributed by atoms with Crippen LogP contribution in [0, 0.1) is 6.92 Å². The van der Waals surface area contributed by atoms with Gasteiger partial charge in [-0.25, -0.2) is 0 Å². The highest BCUT2D eigenvalue weighted by Gasteiger charge is 2.19. The summed E-state index contributed by atoms with van der Waals surface area (Å²) in [5, 5.41) is 37.6. The molecule has 3 aromatic carbocycles. The summed E-state index contributed by atoms with van der Waals surface area (Å²) in [6.45, 7) is 2.53. The summed E-state index contributed by atoms with van der Waals surface area (Å²) in [6, 6.07) is 25.8. The molecule has 0 aliphatic carbocycles. The average molecular weight is 463 g/mol. The van der Waals surface area contributed by atoms with E-state index in [2.05, 4.69) is 79.7 Å². The molecule has 0 aliphatic rings. The highest BCUT2D eigenvalue weighted by molar-refractivity contribution is 5.45. The van der Waals surface area contributed by atoms with Crippen molar-refractivity contribution in [1.82, 2.24) is 0 Å². The molecule has 0 aromatic heterocycles. The Morgan fingerprint density at radius 2 is 0.706 bits per heavy atom. The van der Waals surface area contributed by atoms with E-state index in [1.54, 1.807) is 0 Å². The van der Waals surface area contributed by atoms with Crippen molar-refractivity contribution >= 4 is 0 Å². The molecular weight excluding hydrogens is 424 g/mol. The zero-order chi connectivity index (χ0) is 24.3. The molecule has 0 unspecified atom stereocenters. The minimum absolute atomic E-state index is 0.0759. The van der Waals surface area contributed by atoms with Crippen LogP contribution in [0.25, 0.3) is 0 Å². The van der Waals surface area contributed by atoms with Gasteiger partial charge in [-0.3, -0.25) is 0 Å². The fourth-order valence-corrected chi connectivity index (χ4v) is 4.84. The molecule has 4 N–H and O–H groups in total. The van der Waals surface area contributed by atoms with Gasteiger partial charge in [-0.15, -0.1) is 0 Å². The van der Waals surface area contributed by atoms with E-state index in [1.165, 1.54) is 22.3 Å². The van der Waals surface area contributed by atoms with Crippen LogP contribution in [-0.4, -0.2) is 46.9 Å². The molecule has 0 bridgehead atoms. The lowest BCUT2D eigenvalue weighted by Gasteiger charge is -2.22. The van der Waals surface area contributed by atoms with E-state index in [9.17, 15) is 20.4 Å². The molecule has 0 spiro atoms. The third-order valence-electron chi connectivity index (χ3n) is 6.80. The van der Waals surface area contributed by atoms with E-state index in [0.29, 0.717) is 25.7 Å². The van der Waals surface area contributed by atoms with Gasteiger partial charge in [-0.2, -0.15) is 0 Å². The number of hydrogen-bond donors (Lipinski definition) is 4. The van der Waals surface area contributed by atoms with Gasteiger partial charge < -0.3 is 20.4 Å². The third kappa shape index (κ3) is 6.77. The molecule has 0 saturated carbocycles. The number of aliphatic hydroxyl groups is 4. The second kappa shape index (κ2) is 13.4. The van der Waals surface area contributed by atoms with Gasteiger partial charge in [0.25, 0.3) is 0 Å². The minimum atomic E-state index is 0.0759. The molecule has 0 fully saturated rings. The third-order valence-corrected chi connectivity index (χ3v) is 6.80. The molecule has 182 valence electrons. The molecule has 3 rings (SSSR count). The van der Waals surface area contributed by atoms with Crippen molar-refractivity contribution in [1.29, 1.82) is 0 Å². The van der Waals surface area contributed by atoms with Crippen LogP contribution in [0.1, 0.15) is 76.8 Å². The standard InChI is InChI=1S/C30H38O4/c1-22-2-4-27(5-3-22)30(28-10-6-23(7-11-28)25(14-18-31)15-19-32)29-12-8-24(9-13-29)26(16-20-33)17-21-34/h2-13,25-26,30-34H,14-21H2,1H3. The minimum Gasteiger partial charge on any atom is -0.396 e. The van der Waals surface area contributed by atoms with Gasteiger partial charge in [0.05, 0.1) is 0 Å². The summed E-state index contributed by atoms with van der Waals surface area (Å²) in [5.74, 6) is 0.374. The van der Waals surface area contributed by atoms with Crippen LogP contribution in [0.3, 0.4) is 0 Å². The van der Waals surface area contributed by atoms with E-state index in [4.69, 9.17) is 0 Å². The smallest absolute Gasteiger partial charge is 0.0436 e. The van der Waals surface area contributed by atoms with Gasteiger partial charge in [0, 0.05) is 32.3 Å². The predicted molar refractivity (Wildman–Crippen MR) is 137 cm³/mol. The lowest BCUT2D eigenvalue weighted by atomic mass is 9.82. The van der Waals surface area contributed by atoms with Crippen LogP contribution >= 0.6 is 0 Å². The molecular formula is C30H38O4. The fraction of sp³-hybridized carbons (Fsp3) is 0.400. The van der Waals surface area contributed by atoms with Crippen molar-refractivity contribution in [2.24, 2.45) is 0 Å². The Morgan fingerprint density at radius 1 is 0.441 bits per heavy atom. The van der Waals surface area contributed by atoms with E-state index in [-0.39, 0.29) is 44.2 Å². The Morgan fingerprint density at radius 3 is 1.00 bits per heavy atom. The molecule has 0 heterocycles. The zero-order valence-corrected chi connectivity index (χ0v) is 20.1. The van der Waals surface area contributed by atoms with Crippen molar-refractivity contribution in [3.05, 3.63) is 106 Å². The number of rotatable bonds is 13. The predicted octanol–water partition coefficient (Wildman–Crippen LogP) is 4.87. The summed E-state index contributed by atoms with van der Waals surface area (Å²) in [5.41, 5.74) is 7.10. The lowest BCUT2D eigenvalue weighted by Crippen LogP contribution is -2.08. The molecule has 0 saturated heterocycles. The molecule has 0 radical (unpaired) electrons. The molecule has 3 aromatic rings. The summed E-state index contributed by atoms with van der Waals surface area (Å²) in [7, 11) is 0. The summed E-state index contributed by atoms with van der Waals surface area (Å²) >= 11 is 0. The first-order valence-electron chi connectivity index (χ1n) is 12.3. The summed E-state index contributed by atoms with van der Waals surface area (Å²) in [4.78, 5) is 0. The molecule has 4 nitrogen and oxygen atoms in total. The van der Waals surface area contributed by atoms with Gasteiger partial charge in [0.1, 0.15) is 0 Å². The second-order valence-electron chi connectivity index (χ2n) is 9.12. The first-order chi connectivity index (χ1) is 16.6. The van der Waals surface area contributed by atoms with Crippen LogP contribution in [0.2, 0.25) is 0 Å². The first-order valence-corrected chi connectivity index (χ1v) is 12.3. The Balaban J connectivity index is 1.96. The maximum absolute atomic E-state index is 9.41. The van der Waals surface area contributed by atoms with Crippen molar-refractivity contribution in [3.8, 4) is 0 Å². The van der Waals surface area contributed by atoms with Gasteiger partial charge in [0.15, 0.2) is 0 Å². The Kier molecular flexibility index (Phi) is 10.3. The van der Waals surface area contributed by atoms with Crippen molar-refractivity contribution in [2.75, 3.05) is 26.4 Å². The molecule has 34 heavy (non-hydrogen) atoms. The van der Waals surface area contributed by atoms with Crippen molar-refractivity contribution in [2.45, 2.75) is 50.4 Å². The SMILES string of the molecule is Cc1ccc(C(c2ccc(C(CCO)CCO)cc2)c2ccc(C(CCO)CCO)cc2)cc1.